The van der Waals surface area contributed by atoms with Crippen LogP contribution in [0.15, 0.2) is 54.6 Å². The van der Waals surface area contributed by atoms with Crippen LogP contribution in [0.2, 0.25) is 0 Å². The van der Waals surface area contributed by atoms with E-state index in [2.05, 4.69) is 5.32 Å². The van der Waals surface area contributed by atoms with E-state index in [1.54, 1.807) is 51.7 Å². The molecule has 0 bridgehead atoms. The van der Waals surface area contributed by atoms with Crippen molar-refractivity contribution >= 4 is 22.4 Å². The van der Waals surface area contributed by atoms with Crippen molar-refractivity contribution < 1.29 is 19.0 Å². The second-order valence-corrected chi connectivity index (χ2v) is 5.38. The molecular weight excluding hydrogens is 318 g/mol. The van der Waals surface area contributed by atoms with Crippen LogP contribution in [-0.2, 0) is 0 Å². The number of fused-ring (bicyclic) bond motifs is 1. The molecule has 25 heavy (non-hydrogen) atoms. The SMILES string of the molecule is COc1ccc(C(=O)Nc2c(OC)cc(OC)c3ccccc23)cc1. The first-order valence-electron chi connectivity index (χ1n) is 7.77. The van der Waals surface area contributed by atoms with Gasteiger partial charge in [0.2, 0.25) is 0 Å². The molecule has 0 spiro atoms. The Bertz CT molecular complexity index is 903. The summed E-state index contributed by atoms with van der Waals surface area (Å²) in [5.74, 6) is 1.70. The van der Waals surface area contributed by atoms with Crippen LogP contribution in [-0.4, -0.2) is 27.2 Å². The first kappa shape index (κ1) is 16.6. The monoisotopic (exact) mass is 337 g/mol. The lowest BCUT2D eigenvalue weighted by atomic mass is 10.1. The summed E-state index contributed by atoms with van der Waals surface area (Å²) in [7, 11) is 4.76. The minimum Gasteiger partial charge on any atom is -0.497 e. The lowest BCUT2D eigenvalue weighted by Gasteiger charge is -2.16. The fourth-order valence-corrected chi connectivity index (χ4v) is 2.70. The van der Waals surface area contributed by atoms with Gasteiger partial charge in [-0.25, -0.2) is 0 Å². The van der Waals surface area contributed by atoms with Crippen molar-refractivity contribution in [3.63, 3.8) is 0 Å². The highest BCUT2D eigenvalue weighted by molar-refractivity contribution is 6.11. The van der Waals surface area contributed by atoms with Gasteiger partial charge in [-0.15, -0.1) is 0 Å². The zero-order valence-electron chi connectivity index (χ0n) is 14.3. The maximum absolute atomic E-state index is 12.6. The van der Waals surface area contributed by atoms with Crippen LogP contribution < -0.4 is 19.5 Å². The number of hydrogen-bond acceptors (Lipinski definition) is 4. The van der Waals surface area contributed by atoms with Gasteiger partial charge in [-0.2, -0.15) is 0 Å². The van der Waals surface area contributed by atoms with Crippen LogP contribution in [0.3, 0.4) is 0 Å². The molecule has 0 aliphatic carbocycles. The van der Waals surface area contributed by atoms with Gasteiger partial charge in [-0.1, -0.05) is 24.3 Å². The standard InChI is InChI=1S/C20H19NO4/c1-23-14-10-8-13(9-11-14)20(22)21-19-16-7-5-4-6-15(16)17(24-2)12-18(19)25-3/h4-12H,1-3H3,(H,21,22). The largest absolute Gasteiger partial charge is 0.497 e. The van der Waals surface area contributed by atoms with Crippen molar-refractivity contribution in [3.8, 4) is 17.2 Å². The summed E-state index contributed by atoms with van der Waals surface area (Å²) in [5, 5.41) is 4.70. The minimum atomic E-state index is -0.226. The maximum atomic E-state index is 12.6. The Labute approximate surface area is 146 Å². The highest BCUT2D eigenvalue weighted by atomic mass is 16.5. The van der Waals surface area contributed by atoms with Crippen LogP contribution in [0.1, 0.15) is 10.4 Å². The van der Waals surface area contributed by atoms with Crippen LogP contribution in [0.4, 0.5) is 5.69 Å². The second kappa shape index (κ2) is 7.13. The number of carbonyl (C=O) groups is 1. The van der Waals surface area contributed by atoms with Gasteiger partial charge >= 0.3 is 0 Å². The molecule has 0 heterocycles. The highest BCUT2D eigenvalue weighted by Gasteiger charge is 2.16. The van der Waals surface area contributed by atoms with E-state index in [1.165, 1.54) is 0 Å². The van der Waals surface area contributed by atoms with Gasteiger partial charge in [0.25, 0.3) is 5.91 Å². The number of methoxy groups -OCH3 is 3. The van der Waals surface area contributed by atoms with Crippen molar-refractivity contribution in [2.24, 2.45) is 0 Å². The molecule has 0 unspecified atom stereocenters. The van der Waals surface area contributed by atoms with Gasteiger partial charge in [0.1, 0.15) is 17.2 Å². The Kier molecular flexibility index (Phi) is 4.75. The van der Waals surface area contributed by atoms with E-state index in [4.69, 9.17) is 14.2 Å². The summed E-state index contributed by atoms with van der Waals surface area (Å²) >= 11 is 0. The molecule has 1 amide bonds. The summed E-state index contributed by atoms with van der Waals surface area (Å²) in [6.07, 6.45) is 0. The van der Waals surface area contributed by atoms with Gasteiger partial charge in [-0.05, 0) is 24.3 Å². The Balaban J connectivity index is 2.03. The van der Waals surface area contributed by atoms with Gasteiger partial charge in [0.05, 0.1) is 27.0 Å². The van der Waals surface area contributed by atoms with Gasteiger partial charge in [-0.3, -0.25) is 4.79 Å². The third-order valence-corrected chi connectivity index (χ3v) is 4.00. The molecule has 3 rings (SSSR count). The van der Waals surface area contributed by atoms with Gasteiger partial charge < -0.3 is 19.5 Å². The molecule has 0 aliphatic rings. The van der Waals surface area contributed by atoms with Crippen LogP contribution >= 0.6 is 0 Å². The average molecular weight is 337 g/mol. The van der Waals surface area contributed by atoms with Crippen LogP contribution in [0, 0.1) is 0 Å². The van der Waals surface area contributed by atoms with E-state index in [9.17, 15) is 4.79 Å². The smallest absolute Gasteiger partial charge is 0.255 e. The molecule has 0 aromatic heterocycles. The number of rotatable bonds is 5. The van der Waals surface area contributed by atoms with Crippen molar-refractivity contribution in [2.75, 3.05) is 26.6 Å². The van der Waals surface area contributed by atoms with E-state index in [1.807, 2.05) is 24.3 Å². The van der Waals surface area contributed by atoms with E-state index < -0.39 is 0 Å². The summed E-state index contributed by atoms with van der Waals surface area (Å²) < 4.78 is 16.0. The number of anilines is 1. The molecule has 0 saturated carbocycles. The number of carbonyl (C=O) groups excluding carboxylic acids is 1. The summed E-state index contributed by atoms with van der Waals surface area (Å²) in [5.41, 5.74) is 1.14. The van der Waals surface area contributed by atoms with Gasteiger partial charge in [0, 0.05) is 22.4 Å². The van der Waals surface area contributed by atoms with E-state index >= 15 is 0 Å². The fraction of sp³-hybridized carbons (Fsp3) is 0.150. The van der Waals surface area contributed by atoms with Crippen molar-refractivity contribution in [2.45, 2.75) is 0 Å². The third kappa shape index (κ3) is 3.21. The molecule has 0 fully saturated rings. The molecule has 5 heteroatoms. The zero-order valence-corrected chi connectivity index (χ0v) is 14.3. The molecular formula is C20H19NO4. The molecule has 0 aliphatic heterocycles. The topological polar surface area (TPSA) is 56.8 Å². The maximum Gasteiger partial charge on any atom is 0.255 e. The Morgan fingerprint density at radius 1 is 0.800 bits per heavy atom. The minimum absolute atomic E-state index is 0.226. The summed E-state index contributed by atoms with van der Waals surface area (Å²) in [4.78, 5) is 12.6. The van der Waals surface area contributed by atoms with Crippen molar-refractivity contribution in [1.82, 2.24) is 0 Å². The quantitative estimate of drug-likeness (QED) is 0.761. The second-order valence-electron chi connectivity index (χ2n) is 5.38. The Hall–Kier alpha value is -3.21. The van der Waals surface area contributed by atoms with Gasteiger partial charge in [0.15, 0.2) is 0 Å². The number of nitrogens with one attached hydrogen (secondary N) is 1. The molecule has 0 saturated heterocycles. The fourth-order valence-electron chi connectivity index (χ4n) is 2.70. The van der Waals surface area contributed by atoms with Crippen molar-refractivity contribution in [3.05, 3.63) is 60.2 Å². The molecule has 0 atom stereocenters. The normalized spacial score (nSPS) is 10.4. The lowest BCUT2D eigenvalue weighted by Crippen LogP contribution is -2.13. The average Bonchev–Trinajstić information content (AvgIpc) is 2.68. The summed E-state index contributed by atoms with van der Waals surface area (Å²) in [6, 6.07) is 16.4. The number of amides is 1. The Morgan fingerprint density at radius 2 is 1.44 bits per heavy atom. The molecule has 128 valence electrons. The predicted octanol–water partition coefficient (Wildman–Crippen LogP) is 4.12. The lowest BCUT2D eigenvalue weighted by molar-refractivity contribution is 0.102. The van der Waals surface area contributed by atoms with E-state index in [-0.39, 0.29) is 5.91 Å². The van der Waals surface area contributed by atoms with Crippen LogP contribution in [0.5, 0.6) is 17.2 Å². The van der Waals surface area contributed by atoms with Crippen LogP contribution in [0.25, 0.3) is 10.8 Å². The Morgan fingerprint density at radius 3 is 2.04 bits per heavy atom. The first-order valence-corrected chi connectivity index (χ1v) is 7.77. The highest BCUT2D eigenvalue weighted by Crippen LogP contribution is 2.39. The zero-order chi connectivity index (χ0) is 17.8. The molecule has 0 radical (unpaired) electrons. The van der Waals surface area contributed by atoms with Crippen molar-refractivity contribution in [1.29, 1.82) is 0 Å². The van der Waals surface area contributed by atoms with E-state index in [0.717, 1.165) is 10.8 Å². The first-order chi connectivity index (χ1) is 12.2. The number of ether oxygens (including phenoxy) is 3. The van der Waals surface area contributed by atoms with E-state index in [0.29, 0.717) is 28.5 Å². The molecule has 1 N–H and O–H groups in total. The molecule has 5 nitrogen and oxygen atoms in total. The number of hydrogen-bond donors (Lipinski definition) is 1. The molecule has 3 aromatic carbocycles. The summed E-state index contributed by atoms with van der Waals surface area (Å²) in [6.45, 7) is 0. The predicted molar refractivity (Wildman–Crippen MR) is 98.0 cm³/mol. The number of benzene rings is 3. The molecule has 3 aromatic rings. The third-order valence-electron chi connectivity index (χ3n) is 4.00.